The molecule has 0 aromatic heterocycles. The second-order valence-corrected chi connectivity index (χ2v) is 7.21. The van der Waals surface area contributed by atoms with Crippen molar-refractivity contribution in [2.45, 2.75) is 63.6 Å². The lowest BCUT2D eigenvalue weighted by Crippen LogP contribution is -2.50. The van der Waals surface area contributed by atoms with Crippen molar-refractivity contribution in [2.24, 2.45) is 0 Å². The Morgan fingerprint density at radius 2 is 1.92 bits per heavy atom. The van der Waals surface area contributed by atoms with E-state index in [0.29, 0.717) is 18.8 Å². The zero-order valence-electron chi connectivity index (χ0n) is 14.1. The second kappa shape index (κ2) is 6.20. The summed E-state index contributed by atoms with van der Waals surface area (Å²) in [6.45, 7) is 1.57. The fraction of sp³-hybridized carbons (Fsp3) is 0.579. The molecule has 1 atom stereocenters. The Kier molecular flexibility index (Phi) is 4.04. The van der Waals surface area contributed by atoms with Gasteiger partial charge in [-0.05, 0) is 54.0 Å². The van der Waals surface area contributed by atoms with Gasteiger partial charge in [0.05, 0.1) is 13.2 Å². The largest absolute Gasteiger partial charge is 0.497 e. The van der Waals surface area contributed by atoms with Crippen molar-refractivity contribution in [3.8, 4) is 5.75 Å². The Morgan fingerprint density at radius 3 is 2.62 bits per heavy atom. The van der Waals surface area contributed by atoms with E-state index >= 15 is 0 Å². The van der Waals surface area contributed by atoms with Gasteiger partial charge in [-0.1, -0.05) is 12.8 Å². The summed E-state index contributed by atoms with van der Waals surface area (Å²) in [5, 5.41) is 2.48. The third-order valence-electron chi connectivity index (χ3n) is 5.77. The highest BCUT2D eigenvalue weighted by Crippen LogP contribution is 2.41. The number of fused-ring (bicyclic) bond motifs is 1. The maximum atomic E-state index is 12.2. The first-order valence-electron chi connectivity index (χ1n) is 8.93. The number of carbonyl (C=O) groups is 2. The predicted molar refractivity (Wildman–Crippen MR) is 89.6 cm³/mol. The average molecular weight is 328 g/mol. The van der Waals surface area contributed by atoms with Crippen molar-refractivity contribution in [1.82, 2.24) is 10.2 Å². The van der Waals surface area contributed by atoms with Crippen molar-refractivity contribution < 1.29 is 14.3 Å². The van der Waals surface area contributed by atoms with Crippen molar-refractivity contribution >= 4 is 11.8 Å². The van der Waals surface area contributed by atoms with Crippen LogP contribution in [0.5, 0.6) is 5.75 Å². The highest BCUT2D eigenvalue weighted by molar-refractivity contribution is 6.00. The molecule has 0 bridgehead atoms. The van der Waals surface area contributed by atoms with Gasteiger partial charge in [-0.25, -0.2) is 0 Å². The van der Waals surface area contributed by atoms with Gasteiger partial charge in [-0.15, -0.1) is 0 Å². The Hall–Kier alpha value is -1.88. The molecule has 1 saturated heterocycles. The smallest absolute Gasteiger partial charge is 0.243 e. The highest BCUT2D eigenvalue weighted by atomic mass is 16.5. The number of amides is 2. The first-order chi connectivity index (χ1) is 11.7. The van der Waals surface area contributed by atoms with Crippen LogP contribution < -0.4 is 10.1 Å². The van der Waals surface area contributed by atoms with Crippen LogP contribution in [0.15, 0.2) is 12.1 Å². The van der Waals surface area contributed by atoms with Crippen LogP contribution in [0.3, 0.4) is 0 Å². The van der Waals surface area contributed by atoms with Crippen molar-refractivity contribution in [3.63, 3.8) is 0 Å². The zero-order chi connectivity index (χ0) is 16.7. The molecule has 1 aliphatic carbocycles. The van der Waals surface area contributed by atoms with Crippen molar-refractivity contribution in [2.75, 3.05) is 7.11 Å². The normalized spacial score (nSPS) is 25.0. The van der Waals surface area contributed by atoms with Crippen LogP contribution >= 0.6 is 0 Å². The van der Waals surface area contributed by atoms with E-state index in [1.807, 2.05) is 0 Å². The molecule has 2 amide bonds. The number of nitrogens with one attached hydrogen (secondary N) is 1. The number of hydrogen-bond donors (Lipinski definition) is 1. The summed E-state index contributed by atoms with van der Waals surface area (Å²) in [5.74, 6) is 1.24. The maximum absolute atomic E-state index is 12.2. The number of nitrogens with zero attached hydrogens (tertiary/aromatic N) is 1. The first-order valence-corrected chi connectivity index (χ1v) is 8.93. The molecule has 128 valence electrons. The molecular formula is C19H24N2O3. The summed E-state index contributed by atoms with van der Waals surface area (Å²) < 4.78 is 5.51. The molecule has 2 fully saturated rings. The van der Waals surface area contributed by atoms with E-state index in [0.717, 1.165) is 18.8 Å². The number of imide groups is 1. The van der Waals surface area contributed by atoms with Gasteiger partial charge in [0.15, 0.2) is 0 Å². The van der Waals surface area contributed by atoms with Crippen LogP contribution in [0.25, 0.3) is 0 Å². The molecule has 0 radical (unpaired) electrons. The fourth-order valence-corrected chi connectivity index (χ4v) is 4.51. The summed E-state index contributed by atoms with van der Waals surface area (Å²) in [6, 6.07) is 4.11. The van der Waals surface area contributed by atoms with Crippen molar-refractivity contribution in [3.05, 3.63) is 28.8 Å². The molecule has 0 spiro atoms. The van der Waals surface area contributed by atoms with Crippen LogP contribution in [-0.2, 0) is 22.7 Å². The van der Waals surface area contributed by atoms with Gasteiger partial charge in [0.2, 0.25) is 11.8 Å². The summed E-state index contributed by atoms with van der Waals surface area (Å²) in [7, 11) is 1.72. The van der Waals surface area contributed by atoms with Crippen LogP contribution in [0.1, 0.15) is 61.1 Å². The Balaban J connectivity index is 1.62. The lowest BCUT2D eigenvalue weighted by molar-refractivity contribution is -0.137. The number of carbonyl (C=O) groups excluding carboxylic acids is 2. The molecular weight excluding hydrogens is 304 g/mol. The molecule has 1 unspecified atom stereocenters. The minimum absolute atomic E-state index is 0.145. The lowest BCUT2D eigenvalue weighted by Gasteiger charge is -2.29. The van der Waals surface area contributed by atoms with Gasteiger partial charge in [-0.2, -0.15) is 0 Å². The summed E-state index contributed by atoms with van der Waals surface area (Å²) in [6.07, 6.45) is 6.15. The molecule has 5 nitrogen and oxygen atoms in total. The van der Waals surface area contributed by atoms with E-state index in [1.54, 1.807) is 7.11 Å². The summed E-state index contributed by atoms with van der Waals surface area (Å²) >= 11 is 0. The van der Waals surface area contributed by atoms with Gasteiger partial charge >= 0.3 is 0 Å². The molecule has 2 heterocycles. The highest BCUT2D eigenvalue weighted by Gasteiger charge is 2.36. The van der Waals surface area contributed by atoms with Gasteiger partial charge in [0.1, 0.15) is 5.75 Å². The Labute approximate surface area is 142 Å². The molecule has 1 aromatic rings. The predicted octanol–water partition coefficient (Wildman–Crippen LogP) is 2.47. The number of methoxy groups -OCH3 is 1. The molecule has 1 N–H and O–H groups in total. The third-order valence-corrected chi connectivity index (χ3v) is 5.77. The van der Waals surface area contributed by atoms with Gasteiger partial charge < -0.3 is 4.74 Å². The van der Waals surface area contributed by atoms with Crippen LogP contribution in [0, 0.1) is 0 Å². The van der Waals surface area contributed by atoms with E-state index in [9.17, 15) is 9.59 Å². The van der Waals surface area contributed by atoms with E-state index in [1.165, 1.54) is 42.4 Å². The lowest BCUT2D eigenvalue weighted by atomic mass is 9.91. The summed E-state index contributed by atoms with van der Waals surface area (Å²) in [4.78, 5) is 25.8. The second-order valence-electron chi connectivity index (χ2n) is 7.21. The summed E-state index contributed by atoms with van der Waals surface area (Å²) in [5.41, 5.74) is 4.07. The van der Waals surface area contributed by atoms with Gasteiger partial charge in [-0.3, -0.25) is 19.8 Å². The Bertz CT molecular complexity index is 679. The van der Waals surface area contributed by atoms with Gasteiger partial charge in [0.25, 0.3) is 0 Å². The van der Waals surface area contributed by atoms with Crippen LogP contribution in [0.2, 0.25) is 0 Å². The van der Waals surface area contributed by atoms with Gasteiger partial charge in [0, 0.05) is 19.5 Å². The zero-order valence-corrected chi connectivity index (χ0v) is 14.1. The minimum atomic E-state index is -0.197. The Morgan fingerprint density at radius 1 is 1.12 bits per heavy atom. The van der Waals surface area contributed by atoms with E-state index in [-0.39, 0.29) is 17.9 Å². The van der Waals surface area contributed by atoms with Crippen molar-refractivity contribution in [1.29, 1.82) is 0 Å². The topological polar surface area (TPSA) is 58.6 Å². The quantitative estimate of drug-likeness (QED) is 0.866. The number of hydrogen-bond acceptors (Lipinski definition) is 4. The van der Waals surface area contributed by atoms with Crippen LogP contribution in [-0.4, -0.2) is 29.9 Å². The third kappa shape index (κ3) is 2.71. The number of ether oxygens (including phenoxy) is 1. The molecule has 2 aliphatic heterocycles. The average Bonchev–Trinajstić information content (AvgIpc) is 3.23. The molecule has 24 heavy (non-hydrogen) atoms. The molecule has 1 saturated carbocycles. The number of benzene rings is 1. The number of piperidine rings is 1. The minimum Gasteiger partial charge on any atom is -0.497 e. The van der Waals surface area contributed by atoms with E-state index < -0.39 is 0 Å². The first kappa shape index (κ1) is 15.6. The maximum Gasteiger partial charge on any atom is 0.243 e. The molecule has 5 heteroatoms. The van der Waals surface area contributed by atoms with Crippen LogP contribution in [0.4, 0.5) is 0 Å². The molecule has 3 aliphatic rings. The molecule has 1 aromatic carbocycles. The standard InChI is InChI=1S/C19H24N2O3/c1-24-14-8-13-10-21(17-6-7-18(22)20-19(17)23)11-16(13)15(9-14)12-4-2-3-5-12/h8-9,12,17H,2-7,10-11H2,1H3,(H,20,22,23). The monoisotopic (exact) mass is 328 g/mol. The number of rotatable bonds is 3. The van der Waals surface area contributed by atoms with E-state index in [4.69, 9.17) is 4.74 Å². The fourth-order valence-electron chi connectivity index (χ4n) is 4.51. The molecule has 4 rings (SSSR count). The van der Waals surface area contributed by atoms with E-state index in [2.05, 4.69) is 22.3 Å². The SMILES string of the molecule is COc1cc2c(c(C3CCCC3)c1)CN(C1CCC(=O)NC1=O)C2.